The van der Waals surface area contributed by atoms with E-state index in [2.05, 4.69) is 48.2 Å². The smallest absolute Gasteiger partial charge is 0.176 e. The summed E-state index contributed by atoms with van der Waals surface area (Å²) in [6.45, 7) is 7.30. The van der Waals surface area contributed by atoms with Crippen LogP contribution in [0.5, 0.6) is 0 Å². The quantitative estimate of drug-likeness (QED) is 0.654. The zero-order valence-electron chi connectivity index (χ0n) is 12.9. The highest BCUT2D eigenvalue weighted by atomic mass is 16.5. The summed E-state index contributed by atoms with van der Waals surface area (Å²) >= 11 is 0. The fourth-order valence-corrected chi connectivity index (χ4v) is 2.53. The van der Waals surface area contributed by atoms with E-state index in [1.807, 2.05) is 7.05 Å². The van der Waals surface area contributed by atoms with Crippen LogP contribution in [0.1, 0.15) is 18.1 Å². The maximum atomic E-state index is 5.43. The molecule has 4 N–H and O–H groups in total. The molecule has 0 radical (unpaired) electrons. The minimum atomic E-state index is 0.289. The van der Waals surface area contributed by atoms with Gasteiger partial charge in [0, 0.05) is 17.1 Å². The second-order valence-corrected chi connectivity index (χ2v) is 5.63. The van der Waals surface area contributed by atoms with Gasteiger partial charge in [-0.05, 0) is 62.2 Å². The Balaban J connectivity index is 2.08. The van der Waals surface area contributed by atoms with Crippen LogP contribution in [0.3, 0.4) is 0 Å². The van der Waals surface area contributed by atoms with Crippen molar-refractivity contribution in [3.8, 4) is 0 Å². The first-order valence-corrected chi connectivity index (χ1v) is 7.40. The Morgan fingerprint density at radius 2 is 2.29 bits per heavy atom. The molecule has 0 fully saturated rings. The van der Waals surface area contributed by atoms with Crippen LogP contribution in [0.4, 0.5) is 0 Å². The van der Waals surface area contributed by atoms with Crippen LogP contribution in [0.25, 0.3) is 10.9 Å². The third kappa shape index (κ3) is 4.26. The summed E-state index contributed by atoms with van der Waals surface area (Å²) in [5, 5.41) is 4.51. The van der Waals surface area contributed by atoms with E-state index in [-0.39, 0.29) is 5.88 Å². The van der Waals surface area contributed by atoms with E-state index in [1.165, 1.54) is 22.0 Å². The first-order chi connectivity index (χ1) is 10.1. The lowest BCUT2D eigenvalue weighted by Gasteiger charge is -2.13. The number of aromatic amines is 1. The predicted molar refractivity (Wildman–Crippen MR) is 88.1 cm³/mol. The molecule has 0 aliphatic rings. The summed E-state index contributed by atoms with van der Waals surface area (Å²) in [5.41, 5.74) is 9.32. The normalized spacial score (nSPS) is 12.5. The van der Waals surface area contributed by atoms with Gasteiger partial charge in [0.05, 0.1) is 6.61 Å². The van der Waals surface area contributed by atoms with Crippen LogP contribution in [0.15, 0.2) is 36.9 Å². The molecule has 21 heavy (non-hydrogen) atoms. The Morgan fingerprint density at radius 3 is 3.00 bits per heavy atom. The molecule has 0 saturated heterocycles. The summed E-state index contributed by atoms with van der Waals surface area (Å²) in [6.07, 6.45) is 4.11. The van der Waals surface area contributed by atoms with Crippen molar-refractivity contribution in [1.82, 2.24) is 10.3 Å². The molecule has 1 aromatic heterocycles. The Hall–Kier alpha value is -1.94. The number of aromatic nitrogens is 1. The van der Waals surface area contributed by atoms with Gasteiger partial charge in [-0.1, -0.05) is 13.0 Å². The molecule has 0 saturated carbocycles. The molecule has 1 aromatic carbocycles. The Kier molecular flexibility index (Phi) is 5.28. The van der Waals surface area contributed by atoms with Crippen LogP contribution in [-0.4, -0.2) is 25.2 Å². The van der Waals surface area contributed by atoms with Gasteiger partial charge in [0.15, 0.2) is 5.88 Å². The van der Waals surface area contributed by atoms with Crippen molar-refractivity contribution in [3.63, 3.8) is 0 Å². The summed E-state index contributed by atoms with van der Waals surface area (Å²) < 4.78 is 5.29. The minimum absolute atomic E-state index is 0.289. The molecular formula is C17H25N3O. The maximum Gasteiger partial charge on any atom is 0.176 e. The van der Waals surface area contributed by atoms with Gasteiger partial charge in [0.2, 0.25) is 0 Å². The molecule has 4 nitrogen and oxygen atoms in total. The second-order valence-electron chi connectivity index (χ2n) is 5.63. The number of H-pyrrole nitrogens is 1. The Labute approximate surface area is 126 Å². The highest BCUT2D eigenvalue weighted by Gasteiger charge is 2.08. The number of rotatable bonds is 8. The van der Waals surface area contributed by atoms with E-state index >= 15 is 0 Å². The number of nitrogens with one attached hydrogen (secondary N) is 2. The SMILES string of the molecule is C=C(N)OC[C@@H](C)Cc1ccc2[nH]cc(CCNC)c2c1. The first-order valence-electron chi connectivity index (χ1n) is 7.40. The molecule has 0 spiro atoms. The first kappa shape index (κ1) is 15.4. The number of hydrogen-bond donors (Lipinski definition) is 3. The van der Waals surface area contributed by atoms with Crippen molar-refractivity contribution < 1.29 is 4.74 Å². The molecule has 0 aliphatic heterocycles. The number of benzene rings is 1. The molecular weight excluding hydrogens is 262 g/mol. The van der Waals surface area contributed by atoms with Crippen molar-refractivity contribution in [2.24, 2.45) is 11.7 Å². The predicted octanol–water partition coefficient (Wildman–Crippen LogP) is 2.55. The standard InChI is InChI=1S/C17H25N3O/c1-12(11-21-13(2)18)8-14-4-5-17-16(9-14)15(10-20-17)6-7-19-3/h4-5,9-10,12,19-20H,2,6-8,11,18H2,1,3H3/t12-/m0/s1. The molecule has 1 heterocycles. The summed E-state index contributed by atoms with van der Waals surface area (Å²) in [5.74, 6) is 0.694. The van der Waals surface area contributed by atoms with Gasteiger partial charge in [-0.3, -0.25) is 0 Å². The van der Waals surface area contributed by atoms with E-state index in [0.717, 1.165) is 19.4 Å². The lowest BCUT2D eigenvalue weighted by molar-refractivity contribution is 0.171. The van der Waals surface area contributed by atoms with Gasteiger partial charge in [0.1, 0.15) is 0 Å². The average molecular weight is 287 g/mol. The van der Waals surface area contributed by atoms with Crippen LogP contribution in [0, 0.1) is 5.92 Å². The largest absolute Gasteiger partial charge is 0.480 e. The van der Waals surface area contributed by atoms with Gasteiger partial charge in [0.25, 0.3) is 0 Å². The second kappa shape index (κ2) is 7.18. The van der Waals surface area contributed by atoms with Crippen molar-refractivity contribution in [2.75, 3.05) is 20.2 Å². The molecule has 4 heteroatoms. The van der Waals surface area contributed by atoms with Gasteiger partial charge in [-0.15, -0.1) is 0 Å². The Morgan fingerprint density at radius 1 is 1.48 bits per heavy atom. The molecule has 1 atom stereocenters. The third-order valence-electron chi connectivity index (χ3n) is 3.61. The van der Waals surface area contributed by atoms with Crippen molar-refractivity contribution in [1.29, 1.82) is 0 Å². The number of nitrogens with two attached hydrogens (primary N) is 1. The van der Waals surface area contributed by atoms with Crippen LogP contribution in [-0.2, 0) is 17.6 Å². The summed E-state index contributed by atoms with van der Waals surface area (Å²) in [4.78, 5) is 3.34. The van der Waals surface area contributed by atoms with Crippen LogP contribution < -0.4 is 11.1 Å². The molecule has 0 aliphatic carbocycles. The third-order valence-corrected chi connectivity index (χ3v) is 3.61. The minimum Gasteiger partial charge on any atom is -0.480 e. The lowest BCUT2D eigenvalue weighted by Crippen LogP contribution is -2.11. The molecule has 2 rings (SSSR count). The number of likely N-dealkylation sites (N-methyl/N-ethyl adjacent to an activating group) is 1. The van der Waals surface area contributed by atoms with E-state index < -0.39 is 0 Å². The monoisotopic (exact) mass is 287 g/mol. The van der Waals surface area contributed by atoms with E-state index in [1.54, 1.807) is 0 Å². The van der Waals surface area contributed by atoms with E-state index in [4.69, 9.17) is 10.5 Å². The van der Waals surface area contributed by atoms with Crippen molar-refractivity contribution in [2.45, 2.75) is 19.8 Å². The Bertz CT molecular complexity index is 603. The highest BCUT2D eigenvalue weighted by molar-refractivity contribution is 5.83. The van der Waals surface area contributed by atoms with Crippen molar-refractivity contribution in [3.05, 3.63) is 48.0 Å². The fraction of sp³-hybridized carbons (Fsp3) is 0.412. The molecule has 0 bridgehead atoms. The zero-order valence-corrected chi connectivity index (χ0v) is 12.9. The van der Waals surface area contributed by atoms with E-state index in [0.29, 0.717) is 12.5 Å². The zero-order chi connectivity index (χ0) is 15.2. The average Bonchev–Trinajstić information content (AvgIpc) is 2.85. The highest BCUT2D eigenvalue weighted by Crippen LogP contribution is 2.22. The lowest BCUT2D eigenvalue weighted by atomic mass is 9.99. The molecule has 2 aromatic rings. The van der Waals surface area contributed by atoms with Crippen LogP contribution >= 0.6 is 0 Å². The summed E-state index contributed by atoms with van der Waals surface area (Å²) in [6, 6.07) is 6.61. The fourth-order valence-electron chi connectivity index (χ4n) is 2.53. The summed E-state index contributed by atoms with van der Waals surface area (Å²) in [7, 11) is 1.98. The van der Waals surface area contributed by atoms with Gasteiger partial charge in [-0.2, -0.15) is 0 Å². The molecule has 0 amide bonds. The number of ether oxygens (including phenoxy) is 1. The molecule has 114 valence electrons. The van der Waals surface area contributed by atoms with Gasteiger partial charge < -0.3 is 20.8 Å². The maximum absolute atomic E-state index is 5.43. The molecule has 0 unspecified atom stereocenters. The van der Waals surface area contributed by atoms with Gasteiger partial charge in [-0.25, -0.2) is 0 Å². The van der Waals surface area contributed by atoms with Crippen molar-refractivity contribution >= 4 is 10.9 Å². The number of hydrogen-bond acceptors (Lipinski definition) is 3. The van der Waals surface area contributed by atoms with E-state index in [9.17, 15) is 0 Å². The van der Waals surface area contributed by atoms with Gasteiger partial charge >= 0.3 is 0 Å². The number of fused-ring (bicyclic) bond motifs is 1. The van der Waals surface area contributed by atoms with Crippen LogP contribution in [0.2, 0.25) is 0 Å². The topological polar surface area (TPSA) is 63.1 Å².